The van der Waals surface area contributed by atoms with E-state index in [1.165, 1.54) is 5.56 Å². The maximum atomic E-state index is 9.26. The van der Waals surface area contributed by atoms with E-state index in [4.69, 9.17) is 0 Å². The van der Waals surface area contributed by atoms with E-state index in [1.54, 1.807) is 11.3 Å². The first-order valence-electron chi connectivity index (χ1n) is 3.94. The number of rotatable bonds is 3. The van der Waals surface area contributed by atoms with Crippen LogP contribution in [0.4, 0.5) is 0 Å². The zero-order chi connectivity index (χ0) is 9.10. The molecule has 2 nitrogen and oxygen atoms in total. The van der Waals surface area contributed by atoms with Crippen LogP contribution in [0, 0.1) is 0 Å². The summed E-state index contributed by atoms with van der Waals surface area (Å²) >= 11 is 2.01. The second-order valence-corrected chi connectivity index (χ2v) is 5.39. The summed E-state index contributed by atoms with van der Waals surface area (Å²) in [7, 11) is 0. The predicted octanol–water partition coefficient (Wildman–Crippen LogP) is 1.32. The summed E-state index contributed by atoms with van der Waals surface area (Å²) in [6.07, 6.45) is 1.84. The van der Waals surface area contributed by atoms with Crippen LogP contribution in [0.5, 0.6) is 0 Å². The summed E-state index contributed by atoms with van der Waals surface area (Å²) in [5, 5.41) is 13.4. The Bertz CT molecular complexity index is 309. The zero-order valence-electron chi connectivity index (χ0n) is 6.88. The number of aromatic nitrogens is 1. The molecule has 1 atom stereocenters. The van der Waals surface area contributed by atoms with Crippen LogP contribution in [0.1, 0.15) is 16.0 Å². The quantitative estimate of drug-likeness (QED) is 0.842. The van der Waals surface area contributed by atoms with Gasteiger partial charge in [-0.05, 0) is 0 Å². The summed E-state index contributed by atoms with van der Waals surface area (Å²) < 4.78 is 1.13. The normalized spacial score (nSPS) is 13.0. The molecule has 0 bridgehead atoms. The molecule has 2 aromatic heterocycles. The van der Waals surface area contributed by atoms with E-state index in [0.29, 0.717) is 14.5 Å². The Kier molecular flexibility index (Phi) is 2.96. The molecule has 4 heteroatoms. The molecule has 1 N–H and O–H groups in total. The summed E-state index contributed by atoms with van der Waals surface area (Å²) in [6, 6.07) is 2.06. The third-order valence-electron chi connectivity index (χ3n) is 1.88. The van der Waals surface area contributed by atoms with Gasteiger partial charge >= 0.3 is 86.6 Å². The van der Waals surface area contributed by atoms with Crippen molar-refractivity contribution in [2.24, 2.45) is 0 Å². The Morgan fingerprint density at radius 2 is 2.54 bits per heavy atom. The number of aliphatic hydroxyl groups is 1. The van der Waals surface area contributed by atoms with Crippen LogP contribution in [0.15, 0.2) is 28.0 Å². The van der Waals surface area contributed by atoms with Crippen molar-refractivity contribution in [2.75, 3.05) is 6.61 Å². The number of aliphatic hydroxyl groups excluding tert-OH is 1. The fourth-order valence-electron chi connectivity index (χ4n) is 1.21. The molecule has 2 rings (SSSR count). The zero-order valence-corrected chi connectivity index (χ0v) is 9.41. The molecule has 68 valence electrons. The van der Waals surface area contributed by atoms with E-state index in [0.717, 1.165) is 4.57 Å². The molecule has 0 spiro atoms. The Morgan fingerprint density at radius 3 is 3.08 bits per heavy atom. The van der Waals surface area contributed by atoms with Crippen LogP contribution < -0.4 is 0 Å². The summed E-state index contributed by atoms with van der Waals surface area (Å²) in [4.78, 5) is 6.35. The van der Waals surface area contributed by atoms with E-state index in [9.17, 15) is 5.11 Å². The van der Waals surface area contributed by atoms with Crippen molar-refractivity contribution < 1.29 is 5.11 Å². The van der Waals surface area contributed by atoms with Crippen molar-refractivity contribution in [3.05, 3.63) is 38.1 Å². The van der Waals surface area contributed by atoms with Crippen LogP contribution in [0.25, 0.3) is 0 Å². The molecule has 0 aliphatic rings. The van der Waals surface area contributed by atoms with Gasteiger partial charge in [0.2, 0.25) is 0 Å². The van der Waals surface area contributed by atoms with Crippen LogP contribution in [-0.2, 0) is 0 Å². The third kappa shape index (κ3) is 1.92. The predicted molar refractivity (Wildman–Crippen MR) is 54.4 cm³/mol. The molecule has 13 heavy (non-hydrogen) atoms. The summed E-state index contributed by atoms with van der Waals surface area (Å²) in [5.41, 5.74) is 1.19. The van der Waals surface area contributed by atoms with Crippen molar-refractivity contribution in [1.29, 1.82) is 0 Å². The van der Waals surface area contributed by atoms with E-state index in [1.807, 2.05) is 11.6 Å². The molecule has 0 fully saturated rings. The Morgan fingerprint density at radius 1 is 1.62 bits per heavy atom. The molecule has 0 aliphatic carbocycles. The summed E-state index contributed by atoms with van der Waals surface area (Å²) in [5.74, 6) is 0.126. The van der Waals surface area contributed by atoms with Gasteiger partial charge < -0.3 is 0 Å². The van der Waals surface area contributed by atoms with Gasteiger partial charge in [0.15, 0.2) is 0 Å². The van der Waals surface area contributed by atoms with Gasteiger partial charge in [0.25, 0.3) is 0 Å². The summed E-state index contributed by atoms with van der Waals surface area (Å²) in [6.45, 7) is 0.166. The van der Waals surface area contributed by atoms with Crippen molar-refractivity contribution in [1.82, 2.24) is 4.98 Å². The van der Waals surface area contributed by atoms with Gasteiger partial charge in [0, 0.05) is 0 Å². The van der Waals surface area contributed by atoms with Gasteiger partial charge in [-0.15, -0.1) is 0 Å². The van der Waals surface area contributed by atoms with Gasteiger partial charge in [-0.1, -0.05) is 0 Å². The molecule has 0 saturated heterocycles. The Balaban J connectivity index is 2.29. The van der Waals surface area contributed by atoms with Gasteiger partial charge in [-0.2, -0.15) is 0 Å². The van der Waals surface area contributed by atoms with Gasteiger partial charge in [0.05, 0.1) is 0 Å². The maximum absolute atomic E-state index is 9.26. The minimum absolute atomic E-state index is 0.126. The number of nitrogens with zero attached hydrogens (tertiary/aromatic N) is 1. The molecule has 2 aromatic rings. The van der Waals surface area contributed by atoms with Crippen LogP contribution in [0.3, 0.4) is 0 Å². The molecular formula is C9H9NOSSe. The van der Waals surface area contributed by atoms with E-state index in [-0.39, 0.29) is 12.5 Å². The first-order chi connectivity index (χ1) is 6.42. The number of hydrogen-bond acceptors (Lipinski definition) is 3. The molecule has 0 aromatic carbocycles. The van der Waals surface area contributed by atoms with Crippen molar-refractivity contribution in [2.45, 2.75) is 5.92 Å². The van der Waals surface area contributed by atoms with Crippen LogP contribution >= 0.6 is 11.3 Å². The molecule has 0 aliphatic heterocycles. The third-order valence-corrected chi connectivity index (χ3v) is 4.44. The van der Waals surface area contributed by atoms with Gasteiger partial charge in [-0.3, -0.25) is 0 Å². The monoisotopic (exact) mass is 259 g/mol. The topological polar surface area (TPSA) is 33.1 Å². The van der Waals surface area contributed by atoms with Crippen molar-refractivity contribution in [3.8, 4) is 0 Å². The SMILES string of the molecule is OCC(c1ccsc1)c1ncc[se]1. The second-order valence-electron chi connectivity index (χ2n) is 2.66. The van der Waals surface area contributed by atoms with Crippen LogP contribution in [-0.4, -0.2) is 31.2 Å². The fourth-order valence-corrected chi connectivity index (χ4v) is 3.51. The number of thiophene rings is 1. The van der Waals surface area contributed by atoms with Crippen molar-refractivity contribution >= 4 is 25.8 Å². The first-order valence-corrected chi connectivity index (χ1v) is 6.73. The van der Waals surface area contributed by atoms with E-state index < -0.39 is 0 Å². The standard InChI is InChI=1S/C9H9NOSSe/c11-5-8(7-1-3-12-6-7)9-10-2-4-13-9/h1-4,6,8,11H,5H2. The first kappa shape index (κ1) is 9.16. The second kappa shape index (κ2) is 4.20. The average molecular weight is 258 g/mol. The van der Waals surface area contributed by atoms with Crippen LogP contribution in [0.2, 0.25) is 0 Å². The van der Waals surface area contributed by atoms with E-state index >= 15 is 0 Å². The number of hydrogen-bond donors (Lipinski definition) is 1. The molecular weight excluding hydrogens is 249 g/mol. The van der Waals surface area contributed by atoms with Gasteiger partial charge in [-0.25, -0.2) is 0 Å². The molecule has 0 amide bonds. The molecule has 1 unspecified atom stereocenters. The molecule has 2 heterocycles. The Hall–Kier alpha value is -0.411. The van der Waals surface area contributed by atoms with Crippen molar-refractivity contribution in [3.63, 3.8) is 0 Å². The minimum atomic E-state index is 0.126. The van der Waals surface area contributed by atoms with E-state index in [2.05, 4.69) is 21.4 Å². The van der Waals surface area contributed by atoms with Gasteiger partial charge in [0.1, 0.15) is 0 Å². The fraction of sp³-hybridized carbons (Fsp3) is 0.222. The average Bonchev–Trinajstić information content (AvgIpc) is 2.76. The Labute approximate surface area is 86.6 Å². The molecule has 0 radical (unpaired) electrons. The molecule has 0 saturated carbocycles.